The van der Waals surface area contributed by atoms with E-state index >= 15 is 0 Å². The number of urea groups is 1. The fourth-order valence-corrected chi connectivity index (χ4v) is 5.24. The minimum absolute atomic E-state index is 0.146. The van der Waals surface area contributed by atoms with E-state index in [0.29, 0.717) is 54.9 Å². The van der Waals surface area contributed by atoms with Crippen molar-refractivity contribution in [1.82, 2.24) is 20.5 Å². The number of ether oxygens (including phenoxy) is 1. The minimum Gasteiger partial charge on any atom is -0.457 e. The van der Waals surface area contributed by atoms with Gasteiger partial charge in [0, 0.05) is 55.6 Å². The van der Waals surface area contributed by atoms with E-state index in [4.69, 9.17) is 9.73 Å². The summed E-state index contributed by atoms with van der Waals surface area (Å²) in [5.41, 5.74) is 1.22. The lowest BCUT2D eigenvalue weighted by atomic mass is 9.95. The molecular weight excluding hydrogens is 537 g/mol. The molecule has 3 aliphatic rings. The maximum absolute atomic E-state index is 13.2. The Morgan fingerprint density at radius 2 is 2.00 bits per heavy atom. The third-order valence-electron chi connectivity index (χ3n) is 7.65. The van der Waals surface area contributed by atoms with Gasteiger partial charge in [0.2, 0.25) is 0 Å². The number of fused-ring (bicyclic) bond motifs is 3. The van der Waals surface area contributed by atoms with Crippen molar-refractivity contribution in [2.24, 2.45) is 10.4 Å². The summed E-state index contributed by atoms with van der Waals surface area (Å²) in [4.78, 5) is 34.8. The number of nitrogens with zero attached hydrogens (tertiary/aromatic N) is 3. The van der Waals surface area contributed by atoms with Gasteiger partial charge in [-0.25, -0.2) is 9.79 Å². The number of amidine groups is 1. The van der Waals surface area contributed by atoms with Gasteiger partial charge in [-0.1, -0.05) is 19.1 Å². The van der Waals surface area contributed by atoms with E-state index in [1.807, 2.05) is 19.1 Å². The number of hydrogen-bond donors (Lipinski definition) is 3. The number of aliphatic imine (C=N–C) groups is 1. The van der Waals surface area contributed by atoms with Crippen LogP contribution in [0.3, 0.4) is 0 Å². The molecule has 3 heterocycles. The Labute approximate surface area is 233 Å². The first-order chi connectivity index (χ1) is 19.6. The Kier molecular flexibility index (Phi) is 6.55. The number of carbonyl (C=O) groups is 2. The molecule has 41 heavy (non-hydrogen) atoms. The molecule has 3 N–H and O–H groups in total. The Bertz CT molecular complexity index is 1560. The second kappa shape index (κ2) is 10.1. The summed E-state index contributed by atoms with van der Waals surface area (Å²) >= 11 is 0. The number of aromatic nitrogens is 1. The fourth-order valence-electron chi connectivity index (χ4n) is 5.24. The van der Waals surface area contributed by atoms with Gasteiger partial charge >= 0.3 is 12.2 Å². The minimum atomic E-state index is -4.43. The third-order valence-corrected chi connectivity index (χ3v) is 7.65. The van der Waals surface area contributed by atoms with Gasteiger partial charge in [-0.2, -0.15) is 13.2 Å². The monoisotopic (exact) mass is 564 g/mol. The average molecular weight is 565 g/mol. The van der Waals surface area contributed by atoms with Crippen LogP contribution in [0.4, 0.5) is 29.3 Å². The topological polar surface area (TPSA) is 108 Å². The van der Waals surface area contributed by atoms with Crippen LogP contribution in [-0.4, -0.2) is 53.8 Å². The van der Waals surface area contributed by atoms with E-state index in [0.717, 1.165) is 24.1 Å². The van der Waals surface area contributed by atoms with Crippen LogP contribution >= 0.6 is 0 Å². The lowest BCUT2D eigenvalue weighted by Gasteiger charge is -2.23. The number of benzene rings is 2. The molecule has 2 fully saturated rings. The standard InChI is InChI=1S/C29H27F3N6O3/c1-28-16-22(28)21-6-5-19(14-23(21)37-26(28)36-18-4-2-3-17(13-18)29(30,31)32)41-20-7-8-33-24(15-20)25(39)34-9-11-38-12-10-35-27(38)40/h2-8,13-15,22H,9-12,16H2,1H3,(H,34,39)(H,35,40)(H,36,37). The molecule has 2 aliphatic heterocycles. The Morgan fingerprint density at radius 3 is 2.78 bits per heavy atom. The lowest BCUT2D eigenvalue weighted by Crippen LogP contribution is -2.37. The third kappa shape index (κ3) is 5.41. The maximum Gasteiger partial charge on any atom is 0.416 e. The van der Waals surface area contributed by atoms with Crippen molar-refractivity contribution in [3.8, 4) is 11.5 Å². The van der Waals surface area contributed by atoms with Crippen LogP contribution in [0, 0.1) is 5.41 Å². The molecule has 3 aromatic rings. The molecule has 1 saturated heterocycles. The first kappa shape index (κ1) is 26.6. The highest BCUT2D eigenvalue weighted by molar-refractivity contribution is 6.05. The van der Waals surface area contributed by atoms with Gasteiger partial charge in [0.15, 0.2) is 0 Å². The van der Waals surface area contributed by atoms with Crippen molar-refractivity contribution < 1.29 is 27.5 Å². The van der Waals surface area contributed by atoms with Gasteiger partial charge < -0.3 is 25.6 Å². The van der Waals surface area contributed by atoms with Crippen molar-refractivity contribution in [2.45, 2.75) is 25.4 Å². The summed E-state index contributed by atoms with van der Waals surface area (Å²) in [5, 5.41) is 8.60. The molecule has 0 radical (unpaired) electrons. The zero-order valence-corrected chi connectivity index (χ0v) is 22.1. The first-order valence-electron chi connectivity index (χ1n) is 13.2. The molecule has 0 bridgehead atoms. The highest BCUT2D eigenvalue weighted by Crippen LogP contribution is 2.64. The summed E-state index contributed by atoms with van der Waals surface area (Å²) in [6.07, 6.45) is -2.13. The molecule has 1 saturated carbocycles. The predicted octanol–water partition coefficient (Wildman–Crippen LogP) is 5.30. The maximum atomic E-state index is 13.2. The molecule has 212 valence electrons. The van der Waals surface area contributed by atoms with E-state index in [1.54, 1.807) is 23.1 Å². The number of nitrogens with one attached hydrogen (secondary N) is 3. The van der Waals surface area contributed by atoms with Crippen LogP contribution in [0.5, 0.6) is 11.5 Å². The molecule has 1 aromatic heterocycles. The molecule has 2 aromatic carbocycles. The van der Waals surface area contributed by atoms with Gasteiger partial charge in [0.05, 0.1) is 11.3 Å². The summed E-state index contributed by atoms with van der Waals surface area (Å²) < 4.78 is 45.6. The number of rotatable bonds is 7. The lowest BCUT2D eigenvalue weighted by molar-refractivity contribution is -0.137. The van der Waals surface area contributed by atoms with Gasteiger partial charge in [0.25, 0.3) is 5.91 Å². The van der Waals surface area contributed by atoms with Crippen LogP contribution < -0.4 is 20.7 Å². The molecule has 12 heteroatoms. The van der Waals surface area contributed by atoms with E-state index in [9.17, 15) is 22.8 Å². The number of pyridine rings is 1. The zero-order valence-electron chi connectivity index (χ0n) is 22.1. The number of halogens is 3. The van der Waals surface area contributed by atoms with E-state index in [-0.39, 0.29) is 29.0 Å². The second-order valence-corrected chi connectivity index (χ2v) is 10.5. The summed E-state index contributed by atoms with van der Waals surface area (Å²) in [7, 11) is 0. The highest BCUT2D eigenvalue weighted by Gasteiger charge is 2.57. The summed E-state index contributed by atoms with van der Waals surface area (Å²) in [5.74, 6) is 1.32. The van der Waals surface area contributed by atoms with Crippen molar-refractivity contribution in [3.63, 3.8) is 0 Å². The molecular formula is C29H27F3N6O3. The summed E-state index contributed by atoms with van der Waals surface area (Å²) in [6, 6.07) is 13.7. The molecule has 0 spiro atoms. The number of anilines is 1. The van der Waals surface area contributed by atoms with Gasteiger partial charge in [-0.05, 0) is 48.2 Å². The predicted molar refractivity (Wildman–Crippen MR) is 146 cm³/mol. The molecule has 1 aliphatic carbocycles. The second-order valence-electron chi connectivity index (χ2n) is 10.5. The number of amides is 3. The quantitative estimate of drug-likeness (QED) is 0.361. The highest BCUT2D eigenvalue weighted by atomic mass is 19.4. The number of alkyl halides is 3. The van der Waals surface area contributed by atoms with Crippen molar-refractivity contribution >= 4 is 29.1 Å². The Morgan fingerprint density at radius 1 is 1.17 bits per heavy atom. The Hall–Kier alpha value is -4.61. The molecule has 9 nitrogen and oxygen atoms in total. The van der Waals surface area contributed by atoms with E-state index < -0.39 is 11.7 Å². The van der Waals surface area contributed by atoms with Crippen LogP contribution in [-0.2, 0) is 6.18 Å². The number of hydrogen-bond acceptors (Lipinski definition) is 6. The Balaban J connectivity index is 1.15. The largest absolute Gasteiger partial charge is 0.457 e. The zero-order chi connectivity index (χ0) is 28.8. The van der Waals surface area contributed by atoms with Gasteiger partial charge in [-0.15, -0.1) is 0 Å². The molecule has 6 rings (SSSR count). The van der Waals surface area contributed by atoms with Gasteiger partial charge in [-0.3, -0.25) is 9.78 Å². The van der Waals surface area contributed by atoms with Crippen LogP contribution in [0.15, 0.2) is 65.8 Å². The fraction of sp³-hybridized carbons (Fsp3) is 0.310. The number of carbonyl (C=O) groups excluding carboxylic acids is 2. The normalized spacial score (nSPS) is 20.9. The van der Waals surface area contributed by atoms with Crippen molar-refractivity contribution in [1.29, 1.82) is 0 Å². The summed E-state index contributed by atoms with van der Waals surface area (Å²) in [6.45, 7) is 3.93. The molecule has 3 amide bonds. The SMILES string of the molecule is CC12CC1c1ccc(Oc3ccnc(C(=O)NCCN4CCNC4=O)c3)cc1N=C2Nc1cccc(C(F)(F)F)c1. The first-order valence-corrected chi connectivity index (χ1v) is 13.2. The van der Waals surface area contributed by atoms with E-state index in [2.05, 4.69) is 20.9 Å². The van der Waals surface area contributed by atoms with Crippen LogP contribution in [0.25, 0.3) is 0 Å². The van der Waals surface area contributed by atoms with Crippen molar-refractivity contribution in [3.05, 3.63) is 77.6 Å². The van der Waals surface area contributed by atoms with Crippen molar-refractivity contribution in [2.75, 3.05) is 31.5 Å². The van der Waals surface area contributed by atoms with Gasteiger partial charge in [0.1, 0.15) is 23.0 Å². The molecule has 2 unspecified atom stereocenters. The average Bonchev–Trinajstić information content (AvgIpc) is 3.49. The van der Waals surface area contributed by atoms with Crippen LogP contribution in [0.1, 0.15) is 40.9 Å². The molecule has 2 atom stereocenters. The van der Waals surface area contributed by atoms with Crippen LogP contribution in [0.2, 0.25) is 0 Å². The smallest absolute Gasteiger partial charge is 0.416 e. The van der Waals surface area contributed by atoms with E-state index in [1.165, 1.54) is 18.3 Å².